The summed E-state index contributed by atoms with van der Waals surface area (Å²) in [6, 6.07) is -1.05. The topological polar surface area (TPSA) is 175 Å². The number of carbonyl (C=O) groups is 2. The molecule has 8 atom stereocenters. The number of nitrogens with one attached hydrogen (secondary N) is 1. The Balaban J connectivity index is 2.81. The summed E-state index contributed by atoms with van der Waals surface area (Å²) in [5.74, 6) is -1.28. The number of amides is 1. The third-order valence-electron chi connectivity index (χ3n) is 12.7. The highest BCUT2D eigenvalue weighted by molar-refractivity contribution is 5.81. The predicted octanol–water partition coefficient (Wildman–Crippen LogP) is 11.7. The van der Waals surface area contributed by atoms with Crippen molar-refractivity contribution in [2.24, 2.45) is 0 Å². The average molecular weight is 948 g/mol. The van der Waals surface area contributed by atoms with E-state index >= 15 is 0 Å². The van der Waals surface area contributed by atoms with Crippen molar-refractivity contribution in [2.75, 3.05) is 13.2 Å². The molecule has 1 aliphatic rings. The van der Waals surface area contributed by atoms with Gasteiger partial charge >= 0.3 is 5.97 Å². The molecular weight excluding hydrogens is 847 g/mol. The van der Waals surface area contributed by atoms with E-state index in [1.54, 1.807) is 12.2 Å². The lowest BCUT2D eigenvalue weighted by Gasteiger charge is -2.41. The second-order valence-electron chi connectivity index (χ2n) is 19.0. The lowest BCUT2D eigenvalue weighted by Crippen LogP contribution is -2.61. The third-order valence-corrected chi connectivity index (χ3v) is 12.7. The molecule has 0 spiro atoms. The van der Waals surface area contributed by atoms with Gasteiger partial charge < -0.3 is 45.1 Å². The SMILES string of the molecule is CCCCCCCC/C=C\C/C=C/CC(O)C(=O)NC(COC1OC(CO)C(O)C(O)C1OC(=O)CCCCC/C=C\CCCCCCCCC)C(O)/C=C/CCCCCCCCCCCC. The quantitative estimate of drug-likeness (QED) is 0.0196. The van der Waals surface area contributed by atoms with E-state index in [-0.39, 0.29) is 19.4 Å². The summed E-state index contributed by atoms with van der Waals surface area (Å²) >= 11 is 0. The maximum absolute atomic E-state index is 13.3. The first-order valence-corrected chi connectivity index (χ1v) is 27.4. The molecule has 0 saturated carbocycles. The zero-order valence-electron chi connectivity index (χ0n) is 42.8. The molecule has 0 aliphatic carbocycles. The van der Waals surface area contributed by atoms with Crippen LogP contribution in [-0.2, 0) is 23.8 Å². The molecule has 0 aromatic rings. The number of allylic oxidation sites excluding steroid dienone is 6. The smallest absolute Gasteiger partial charge is 0.306 e. The Labute approximate surface area is 408 Å². The lowest BCUT2D eigenvalue weighted by atomic mass is 9.99. The molecular formula is C56H101NO10. The van der Waals surface area contributed by atoms with Gasteiger partial charge in [0.15, 0.2) is 12.4 Å². The highest BCUT2D eigenvalue weighted by atomic mass is 16.7. The zero-order valence-corrected chi connectivity index (χ0v) is 42.8. The second kappa shape index (κ2) is 44.8. The number of hydrogen-bond donors (Lipinski definition) is 6. The fourth-order valence-electron chi connectivity index (χ4n) is 8.28. The van der Waals surface area contributed by atoms with Crippen LogP contribution in [0.1, 0.15) is 233 Å². The Morgan fingerprint density at radius 1 is 0.582 bits per heavy atom. The Kier molecular flexibility index (Phi) is 41.9. The molecule has 11 nitrogen and oxygen atoms in total. The van der Waals surface area contributed by atoms with Crippen LogP contribution in [0.4, 0.5) is 0 Å². The van der Waals surface area contributed by atoms with Crippen molar-refractivity contribution in [1.82, 2.24) is 5.32 Å². The largest absolute Gasteiger partial charge is 0.454 e. The standard InChI is InChI=1S/C56H101NO10/c1-4-7-10-13-16-19-22-25-26-29-32-35-38-41-44-51(61)67-54-53(63)52(62)50(45-58)66-56(54)65-46-47(48(59)42-39-36-33-30-27-23-20-17-14-11-8-5-2)57-55(64)49(60)43-40-37-34-31-28-24-21-18-15-12-9-6-3/h26,28-29,31,37,39-40,42,47-50,52-54,56,58-60,62-63H,4-25,27,30,32-36,38,41,43-46H2,1-3H3,(H,57,64)/b29-26-,31-28-,40-37+,42-39+. The third kappa shape index (κ3) is 33.7. The first kappa shape index (κ1) is 62.6. The molecule has 0 radical (unpaired) electrons. The number of carbonyl (C=O) groups excluding carboxylic acids is 2. The van der Waals surface area contributed by atoms with Crippen molar-refractivity contribution in [3.8, 4) is 0 Å². The van der Waals surface area contributed by atoms with E-state index in [2.05, 4.69) is 50.4 Å². The molecule has 6 N–H and O–H groups in total. The number of ether oxygens (including phenoxy) is 3. The number of hydrogen-bond acceptors (Lipinski definition) is 10. The number of esters is 1. The van der Waals surface area contributed by atoms with Crippen molar-refractivity contribution < 1.29 is 49.3 Å². The van der Waals surface area contributed by atoms with E-state index in [1.165, 1.54) is 128 Å². The Morgan fingerprint density at radius 2 is 1.03 bits per heavy atom. The van der Waals surface area contributed by atoms with Gasteiger partial charge in [0, 0.05) is 12.8 Å². The Hall–Kier alpha value is -2.38. The predicted molar refractivity (Wildman–Crippen MR) is 273 cm³/mol. The Bertz CT molecular complexity index is 1270. The first-order valence-electron chi connectivity index (χ1n) is 27.4. The van der Waals surface area contributed by atoms with Crippen molar-refractivity contribution in [1.29, 1.82) is 0 Å². The molecule has 0 aromatic heterocycles. The molecule has 67 heavy (non-hydrogen) atoms. The van der Waals surface area contributed by atoms with Crippen LogP contribution in [0, 0.1) is 0 Å². The first-order chi connectivity index (χ1) is 32.7. The minimum Gasteiger partial charge on any atom is -0.454 e. The van der Waals surface area contributed by atoms with Gasteiger partial charge in [-0.15, -0.1) is 0 Å². The van der Waals surface area contributed by atoms with Crippen molar-refractivity contribution in [3.05, 3.63) is 48.6 Å². The van der Waals surface area contributed by atoms with Gasteiger partial charge in [0.2, 0.25) is 5.91 Å². The van der Waals surface area contributed by atoms with Gasteiger partial charge in [0.05, 0.1) is 25.4 Å². The van der Waals surface area contributed by atoms with Crippen LogP contribution >= 0.6 is 0 Å². The van der Waals surface area contributed by atoms with Gasteiger partial charge in [-0.25, -0.2) is 0 Å². The molecule has 0 aromatic carbocycles. The summed E-state index contributed by atoms with van der Waals surface area (Å²) in [7, 11) is 0. The zero-order chi connectivity index (χ0) is 49.0. The molecule has 1 saturated heterocycles. The highest BCUT2D eigenvalue weighted by Gasteiger charge is 2.47. The maximum Gasteiger partial charge on any atom is 0.306 e. The van der Waals surface area contributed by atoms with Crippen LogP contribution in [0.15, 0.2) is 48.6 Å². The van der Waals surface area contributed by atoms with Gasteiger partial charge in [-0.3, -0.25) is 9.59 Å². The van der Waals surface area contributed by atoms with Crippen LogP contribution in [0.5, 0.6) is 0 Å². The Morgan fingerprint density at radius 3 is 1.54 bits per heavy atom. The van der Waals surface area contributed by atoms with Crippen LogP contribution in [0.25, 0.3) is 0 Å². The maximum atomic E-state index is 13.3. The lowest BCUT2D eigenvalue weighted by molar-refractivity contribution is -0.305. The van der Waals surface area contributed by atoms with Gasteiger partial charge in [-0.05, 0) is 64.2 Å². The molecule has 1 rings (SSSR count). The van der Waals surface area contributed by atoms with Crippen LogP contribution < -0.4 is 5.32 Å². The number of aliphatic hydroxyl groups excluding tert-OH is 5. The van der Waals surface area contributed by atoms with E-state index < -0.39 is 67.4 Å². The van der Waals surface area contributed by atoms with Crippen LogP contribution in [0.2, 0.25) is 0 Å². The molecule has 1 fully saturated rings. The molecule has 390 valence electrons. The van der Waals surface area contributed by atoms with Crippen LogP contribution in [-0.4, -0.2) is 99.6 Å². The molecule has 8 unspecified atom stereocenters. The molecule has 1 amide bonds. The highest BCUT2D eigenvalue weighted by Crippen LogP contribution is 2.26. The fraction of sp³-hybridized carbons (Fsp3) is 0.821. The average Bonchev–Trinajstić information content (AvgIpc) is 3.32. The number of unbranched alkanes of at least 4 members (excludes halogenated alkanes) is 26. The molecule has 11 heteroatoms. The molecule has 0 bridgehead atoms. The van der Waals surface area contributed by atoms with Gasteiger partial charge in [-0.2, -0.15) is 0 Å². The molecule has 1 aliphatic heterocycles. The molecule has 1 heterocycles. The number of aliphatic hydroxyl groups is 5. The van der Waals surface area contributed by atoms with E-state index in [0.717, 1.165) is 57.8 Å². The summed E-state index contributed by atoms with van der Waals surface area (Å²) in [6.45, 7) is 5.70. The summed E-state index contributed by atoms with van der Waals surface area (Å²) in [6.07, 6.45) is 41.8. The fourth-order valence-corrected chi connectivity index (χ4v) is 8.28. The van der Waals surface area contributed by atoms with E-state index in [4.69, 9.17) is 14.2 Å². The summed E-state index contributed by atoms with van der Waals surface area (Å²) in [5.41, 5.74) is 0. The number of rotatable bonds is 45. The van der Waals surface area contributed by atoms with Crippen molar-refractivity contribution in [3.63, 3.8) is 0 Å². The van der Waals surface area contributed by atoms with E-state index in [9.17, 15) is 35.1 Å². The minimum atomic E-state index is -1.63. The minimum absolute atomic E-state index is 0.0807. The van der Waals surface area contributed by atoms with Gasteiger partial charge in [0.25, 0.3) is 0 Å². The summed E-state index contributed by atoms with van der Waals surface area (Å²) in [5, 5.41) is 56.5. The van der Waals surface area contributed by atoms with Crippen molar-refractivity contribution >= 4 is 11.9 Å². The van der Waals surface area contributed by atoms with E-state index in [0.29, 0.717) is 12.8 Å². The van der Waals surface area contributed by atoms with Gasteiger partial charge in [-0.1, -0.05) is 204 Å². The van der Waals surface area contributed by atoms with E-state index in [1.807, 2.05) is 12.2 Å². The van der Waals surface area contributed by atoms with Crippen molar-refractivity contribution in [2.45, 2.75) is 282 Å². The normalized spacial score (nSPS) is 20.4. The second-order valence-corrected chi connectivity index (χ2v) is 19.0. The summed E-state index contributed by atoms with van der Waals surface area (Å²) < 4.78 is 17.5. The van der Waals surface area contributed by atoms with Crippen LogP contribution in [0.3, 0.4) is 0 Å². The monoisotopic (exact) mass is 948 g/mol. The van der Waals surface area contributed by atoms with Gasteiger partial charge in [0.1, 0.15) is 24.4 Å². The summed E-state index contributed by atoms with van der Waals surface area (Å²) in [4.78, 5) is 26.3.